The van der Waals surface area contributed by atoms with Gasteiger partial charge in [-0.25, -0.2) is 4.98 Å². The number of rotatable bonds is 5. The third-order valence-electron chi connectivity index (χ3n) is 4.90. The van der Waals surface area contributed by atoms with E-state index in [0.29, 0.717) is 5.69 Å². The van der Waals surface area contributed by atoms with Crippen LogP contribution in [0.15, 0.2) is 79.0 Å². The van der Waals surface area contributed by atoms with Crippen LogP contribution >= 0.6 is 0 Å². The van der Waals surface area contributed by atoms with Crippen molar-refractivity contribution in [1.82, 2.24) is 10.3 Å². The Hall–Kier alpha value is -4.07. The van der Waals surface area contributed by atoms with Crippen LogP contribution < -0.4 is 16.0 Å². The van der Waals surface area contributed by atoms with Crippen LogP contribution in [0.3, 0.4) is 0 Å². The number of amides is 1. The number of halogens is 3. The summed E-state index contributed by atoms with van der Waals surface area (Å²) in [5.74, 6) is -0.182. The van der Waals surface area contributed by atoms with Gasteiger partial charge in [-0.3, -0.25) is 4.79 Å². The first kappa shape index (κ1) is 21.2. The molecule has 0 bridgehead atoms. The molecule has 4 aromatic rings. The highest BCUT2D eigenvalue weighted by atomic mass is 19.4. The predicted octanol–water partition coefficient (Wildman–Crippen LogP) is 6.10. The Balaban J connectivity index is 1.71. The third-order valence-corrected chi connectivity index (χ3v) is 4.90. The summed E-state index contributed by atoms with van der Waals surface area (Å²) in [5, 5.41) is 10.3. The Morgan fingerprint density at radius 1 is 0.844 bits per heavy atom. The number of hydrogen-bond donors (Lipinski definition) is 3. The Morgan fingerprint density at radius 2 is 1.56 bits per heavy atom. The highest BCUT2D eigenvalue weighted by Gasteiger charge is 2.34. The molecule has 0 saturated heterocycles. The van der Waals surface area contributed by atoms with Gasteiger partial charge in [-0.1, -0.05) is 42.5 Å². The van der Waals surface area contributed by atoms with Gasteiger partial charge in [0.1, 0.15) is 5.82 Å². The number of carbonyl (C=O) groups excluding carboxylic acids is 1. The van der Waals surface area contributed by atoms with E-state index in [9.17, 15) is 18.0 Å². The van der Waals surface area contributed by atoms with Crippen LogP contribution in [0.4, 0.5) is 36.1 Å². The van der Waals surface area contributed by atoms with E-state index in [1.807, 2.05) is 42.5 Å². The minimum atomic E-state index is -4.63. The predicted molar refractivity (Wildman–Crippen MR) is 120 cm³/mol. The molecule has 0 unspecified atom stereocenters. The first-order valence-electron chi connectivity index (χ1n) is 9.76. The van der Waals surface area contributed by atoms with E-state index in [2.05, 4.69) is 20.9 Å². The quantitative estimate of drug-likeness (QED) is 0.354. The zero-order valence-corrected chi connectivity index (χ0v) is 17.0. The molecular formula is C24H19F3N4O. The van der Waals surface area contributed by atoms with Crippen molar-refractivity contribution in [3.63, 3.8) is 0 Å². The largest absolute Gasteiger partial charge is 0.419 e. The lowest BCUT2D eigenvalue weighted by Crippen LogP contribution is -2.19. The van der Waals surface area contributed by atoms with Crippen molar-refractivity contribution in [2.45, 2.75) is 6.18 Å². The molecule has 0 saturated carbocycles. The fourth-order valence-corrected chi connectivity index (χ4v) is 3.34. The molecule has 162 valence electrons. The summed E-state index contributed by atoms with van der Waals surface area (Å²) in [4.78, 5) is 16.1. The molecule has 3 aromatic carbocycles. The second-order valence-corrected chi connectivity index (χ2v) is 7.05. The summed E-state index contributed by atoms with van der Waals surface area (Å²) < 4.78 is 40.9. The lowest BCUT2D eigenvalue weighted by molar-refractivity contribution is -0.137. The highest BCUT2D eigenvalue weighted by molar-refractivity contribution is 6.00. The zero-order chi connectivity index (χ0) is 22.7. The molecule has 0 aliphatic heterocycles. The number of fused-ring (bicyclic) bond motifs is 1. The maximum Gasteiger partial charge on any atom is 0.419 e. The van der Waals surface area contributed by atoms with Crippen molar-refractivity contribution in [3.8, 4) is 0 Å². The molecule has 3 N–H and O–H groups in total. The number of aromatic nitrogens is 1. The van der Waals surface area contributed by atoms with Crippen LogP contribution in [0.1, 0.15) is 15.9 Å². The van der Waals surface area contributed by atoms with Gasteiger partial charge in [0.05, 0.1) is 22.5 Å². The van der Waals surface area contributed by atoms with Crippen LogP contribution in [-0.2, 0) is 6.18 Å². The number of hydrogen-bond acceptors (Lipinski definition) is 4. The van der Waals surface area contributed by atoms with Gasteiger partial charge in [-0.2, -0.15) is 13.2 Å². The molecule has 32 heavy (non-hydrogen) atoms. The lowest BCUT2D eigenvalue weighted by atomic mass is 10.1. The number of pyridine rings is 1. The molecule has 0 spiro atoms. The van der Waals surface area contributed by atoms with Gasteiger partial charge in [-0.15, -0.1) is 0 Å². The SMILES string of the molecule is CNC(=O)c1ccccc1Nc1cc(Nc2ccc3ccccc3c2)ncc1C(F)(F)F. The minimum absolute atomic E-state index is 0.216. The maximum absolute atomic E-state index is 13.6. The number of nitrogens with one attached hydrogen (secondary N) is 3. The fraction of sp³-hybridized carbons (Fsp3) is 0.0833. The van der Waals surface area contributed by atoms with Crippen molar-refractivity contribution >= 4 is 39.6 Å². The number of para-hydroxylation sites is 1. The fourth-order valence-electron chi connectivity index (χ4n) is 3.34. The first-order valence-corrected chi connectivity index (χ1v) is 9.76. The normalized spacial score (nSPS) is 11.2. The van der Waals surface area contributed by atoms with Gasteiger partial charge in [0.25, 0.3) is 5.91 Å². The molecule has 5 nitrogen and oxygen atoms in total. The average molecular weight is 436 g/mol. The van der Waals surface area contributed by atoms with Crippen LogP contribution in [0.25, 0.3) is 10.8 Å². The topological polar surface area (TPSA) is 66.1 Å². The Kier molecular flexibility index (Phi) is 5.68. The molecule has 1 amide bonds. The summed E-state index contributed by atoms with van der Waals surface area (Å²) in [5.41, 5.74) is 0.0114. The summed E-state index contributed by atoms with van der Waals surface area (Å²) in [7, 11) is 1.46. The number of anilines is 4. The van der Waals surface area contributed by atoms with Crippen molar-refractivity contribution in [3.05, 3.63) is 90.1 Å². The van der Waals surface area contributed by atoms with Crippen LogP contribution in [0.2, 0.25) is 0 Å². The molecule has 0 atom stereocenters. The van der Waals surface area contributed by atoms with Crippen LogP contribution in [0.5, 0.6) is 0 Å². The Morgan fingerprint density at radius 3 is 2.31 bits per heavy atom. The summed E-state index contributed by atoms with van der Waals surface area (Å²) in [6, 6.07) is 21.0. The molecule has 1 aromatic heterocycles. The van der Waals surface area contributed by atoms with Gasteiger partial charge < -0.3 is 16.0 Å². The Labute approximate surface area is 182 Å². The minimum Gasteiger partial charge on any atom is -0.355 e. The summed E-state index contributed by atoms with van der Waals surface area (Å²) >= 11 is 0. The van der Waals surface area contributed by atoms with Gasteiger partial charge in [0.15, 0.2) is 0 Å². The highest BCUT2D eigenvalue weighted by Crippen LogP contribution is 2.37. The zero-order valence-electron chi connectivity index (χ0n) is 17.0. The second-order valence-electron chi connectivity index (χ2n) is 7.05. The Bertz CT molecular complexity index is 1290. The van der Waals surface area contributed by atoms with Crippen molar-refractivity contribution in [2.24, 2.45) is 0 Å². The van der Waals surface area contributed by atoms with E-state index >= 15 is 0 Å². The smallest absolute Gasteiger partial charge is 0.355 e. The second kappa shape index (κ2) is 8.58. The van der Waals surface area contributed by atoms with Gasteiger partial charge in [0.2, 0.25) is 0 Å². The van der Waals surface area contributed by atoms with Crippen LogP contribution in [0, 0.1) is 0 Å². The summed E-state index contributed by atoms with van der Waals surface area (Å²) in [6.45, 7) is 0. The molecule has 0 aliphatic carbocycles. The number of nitrogens with zero attached hydrogens (tertiary/aromatic N) is 1. The molecular weight excluding hydrogens is 417 g/mol. The lowest BCUT2D eigenvalue weighted by Gasteiger charge is -2.17. The molecule has 1 heterocycles. The summed E-state index contributed by atoms with van der Waals surface area (Å²) in [6.07, 6.45) is -3.85. The molecule has 0 fully saturated rings. The van der Waals surface area contributed by atoms with Gasteiger partial charge in [0, 0.05) is 25.0 Å². The first-order chi connectivity index (χ1) is 15.3. The van der Waals surface area contributed by atoms with Gasteiger partial charge in [-0.05, 0) is 35.0 Å². The van der Waals surface area contributed by atoms with Crippen molar-refractivity contribution < 1.29 is 18.0 Å². The van der Waals surface area contributed by atoms with Crippen molar-refractivity contribution in [1.29, 1.82) is 0 Å². The standard InChI is InChI=1S/C24H19F3N4O/c1-28-23(32)18-8-4-5-9-20(18)31-21-13-22(29-14-19(21)24(25,26)27)30-17-11-10-15-6-2-3-7-16(15)12-17/h2-14H,1H3,(H,28,32)(H2,29,30,31). The van der Waals surface area contributed by atoms with Gasteiger partial charge >= 0.3 is 6.18 Å². The van der Waals surface area contributed by atoms with E-state index in [-0.39, 0.29) is 22.8 Å². The van der Waals surface area contributed by atoms with E-state index in [1.54, 1.807) is 18.2 Å². The van der Waals surface area contributed by atoms with Crippen molar-refractivity contribution in [2.75, 3.05) is 17.7 Å². The number of alkyl halides is 3. The van der Waals surface area contributed by atoms with E-state index in [4.69, 9.17) is 0 Å². The van der Waals surface area contributed by atoms with Crippen LogP contribution in [-0.4, -0.2) is 17.9 Å². The molecule has 4 rings (SSSR count). The molecule has 8 heteroatoms. The average Bonchev–Trinajstić information content (AvgIpc) is 2.78. The van der Waals surface area contributed by atoms with E-state index in [1.165, 1.54) is 19.2 Å². The third kappa shape index (κ3) is 4.49. The van der Waals surface area contributed by atoms with E-state index < -0.39 is 17.6 Å². The van der Waals surface area contributed by atoms with E-state index in [0.717, 1.165) is 17.0 Å². The monoisotopic (exact) mass is 436 g/mol. The number of carbonyl (C=O) groups is 1. The molecule has 0 aliphatic rings. The maximum atomic E-state index is 13.6. The molecule has 0 radical (unpaired) electrons. The number of benzene rings is 3.